The van der Waals surface area contributed by atoms with Gasteiger partial charge in [0.25, 0.3) is 0 Å². The Balaban J connectivity index is 1.92. The van der Waals surface area contributed by atoms with E-state index in [0.717, 1.165) is 23.3 Å². The van der Waals surface area contributed by atoms with Gasteiger partial charge in [-0.1, -0.05) is 27.7 Å². The van der Waals surface area contributed by atoms with Gasteiger partial charge in [-0.25, -0.2) is 4.79 Å². The molecule has 6 nitrogen and oxygen atoms in total. The number of rotatable bonds is 6. The number of aliphatic carboxylic acids is 1. The summed E-state index contributed by atoms with van der Waals surface area (Å²) >= 11 is 0. The Morgan fingerprint density at radius 1 is 1.06 bits per heavy atom. The normalized spacial score (nSPS) is 17.8. The number of hydrogen-bond acceptors (Lipinski definition) is 5. The van der Waals surface area contributed by atoms with Crippen molar-refractivity contribution in [3.05, 3.63) is 46.5 Å². The van der Waals surface area contributed by atoms with Gasteiger partial charge in [-0.05, 0) is 86.8 Å². The van der Waals surface area contributed by atoms with E-state index in [2.05, 4.69) is 13.8 Å². The van der Waals surface area contributed by atoms with Gasteiger partial charge in [0.15, 0.2) is 5.60 Å². The van der Waals surface area contributed by atoms with Gasteiger partial charge in [-0.3, -0.25) is 0 Å². The molecule has 1 aliphatic heterocycles. The minimum atomic E-state index is -1.40. The monoisotopic (exact) mass is 456 g/mol. The molecule has 1 heterocycles. The van der Waals surface area contributed by atoms with Gasteiger partial charge >= 0.3 is 5.97 Å². The summed E-state index contributed by atoms with van der Waals surface area (Å²) in [7, 11) is 0. The Bertz CT molecular complexity index is 1080. The molecule has 6 heteroatoms. The second-order valence-corrected chi connectivity index (χ2v) is 11.1. The third-order valence-electron chi connectivity index (χ3n) is 6.70. The van der Waals surface area contributed by atoms with Crippen molar-refractivity contribution in [1.29, 1.82) is 0 Å². The molecular weight excluding hydrogens is 420 g/mol. The summed E-state index contributed by atoms with van der Waals surface area (Å²) in [6, 6.07) is 7.05. The largest absolute Gasteiger partial charge is 0.508 e. The summed E-state index contributed by atoms with van der Waals surface area (Å²) in [4.78, 5) is 11.5. The van der Waals surface area contributed by atoms with Crippen LogP contribution < -0.4 is 9.47 Å². The summed E-state index contributed by atoms with van der Waals surface area (Å²) in [6.07, 6.45) is 1.29. The maximum Gasteiger partial charge on any atom is 0.347 e. The molecule has 2 aromatic rings. The third-order valence-corrected chi connectivity index (χ3v) is 6.70. The third kappa shape index (κ3) is 4.90. The number of aromatic hydroxyl groups is 2. The standard InChI is InChI=1S/C27H36O6/c1-15-10-23-19(11-20(15)28)26(5,6)14-17(32-23)13-25(3,4)18-12-22(16(2)9-21(18)29)33-27(7,8)24(30)31/h9-12,17,28-29H,13-14H2,1-8H3,(H,30,31)/t17-/m1/s1. The first kappa shape index (κ1) is 24.7. The number of fused-ring (bicyclic) bond motifs is 1. The molecule has 0 aromatic heterocycles. The highest BCUT2D eigenvalue weighted by molar-refractivity contribution is 5.77. The van der Waals surface area contributed by atoms with Crippen molar-refractivity contribution in [2.75, 3.05) is 0 Å². The van der Waals surface area contributed by atoms with Crippen molar-refractivity contribution in [2.24, 2.45) is 0 Å². The lowest BCUT2D eigenvalue weighted by Crippen LogP contribution is -2.39. The molecule has 0 aliphatic carbocycles. The van der Waals surface area contributed by atoms with Crippen LogP contribution in [0, 0.1) is 13.8 Å². The summed E-state index contributed by atoms with van der Waals surface area (Å²) in [5, 5.41) is 30.4. The maximum absolute atomic E-state index is 11.5. The molecule has 0 amide bonds. The lowest BCUT2D eigenvalue weighted by atomic mass is 9.72. The lowest BCUT2D eigenvalue weighted by Gasteiger charge is -2.41. The van der Waals surface area contributed by atoms with E-state index < -0.39 is 17.0 Å². The average Bonchev–Trinajstić information content (AvgIpc) is 2.64. The molecule has 2 aromatic carbocycles. The Morgan fingerprint density at radius 2 is 1.70 bits per heavy atom. The Morgan fingerprint density at radius 3 is 2.30 bits per heavy atom. The summed E-state index contributed by atoms with van der Waals surface area (Å²) in [5.41, 5.74) is 1.04. The lowest BCUT2D eigenvalue weighted by molar-refractivity contribution is -0.152. The van der Waals surface area contributed by atoms with E-state index in [0.29, 0.717) is 23.3 Å². The first-order valence-electron chi connectivity index (χ1n) is 11.3. The van der Waals surface area contributed by atoms with Gasteiger partial charge in [0, 0.05) is 11.1 Å². The molecule has 1 atom stereocenters. The van der Waals surface area contributed by atoms with Crippen LogP contribution in [-0.4, -0.2) is 33.0 Å². The first-order valence-corrected chi connectivity index (χ1v) is 11.3. The fraction of sp³-hybridized carbons (Fsp3) is 0.519. The van der Waals surface area contributed by atoms with Gasteiger partial charge in [-0.2, -0.15) is 0 Å². The van der Waals surface area contributed by atoms with Gasteiger partial charge in [0.1, 0.15) is 29.1 Å². The van der Waals surface area contributed by atoms with E-state index in [4.69, 9.17) is 9.47 Å². The van der Waals surface area contributed by atoms with Crippen LogP contribution in [0.5, 0.6) is 23.0 Å². The van der Waals surface area contributed by atoms with Crippen LogP contribution in [0.25, 0.3) is 0 Å². The number of hydrogen-bond donors (Lipinski definition) is 3. The van der Waals surface area contributed by atoms with Crippen LogP contribution in [0.3, 0.4) is 0 Å². The molecule has 180 valence electrons. The van der Waals surface area contributed by atoms with E-state index in [1.165, 1.54) is 13.8 Å². The number of aryl methyl sites for hydroxylation is 2. The zero-order valence-corrected chi connectivity index (χ0v) is 20.9. The van der Waals surface area contributed by atoms with Crippen LogP contribution in [0.4, 0.5) is 0 Å². The van der Waals surface area contributed by atoms with Crippen LogP contribution in [-0.2, 0) is 15.6 Å². The Kier molecular flexibility index (Phi) is 6.12. The zero-order valence-electron chi connectivity index (χ0n) is 20.9. The van der Waals surface area contributed by atoms with E-state index in [-0.39, 0.29) is 23.0 Å². The fourth-order valence-electron chi connectivity index (χ4n) is 4.63. The van der Waals surface area contributed by atoms with Gasteiger partial charge in [-0.15, -0.1) is 0 Å². The van der Waals surface area contributed by atoms with Crippen molar-refractivity contribution >= 4 is 5.97 Å². The second-order valence-electron chi connectivity index (χ2n) is 11.1. The number of benzene rings is 2. The highest BCUT2D eigenvalue weighted by Crippen LogP contribution is 2.47. The van der Waals surface area contributed by atoms with E-state index in [1.54, 1.807) is 25.1 Å². The van der Waals surface area contributed by atoms with Crippen molar-refractivity contribution in [3.8, 4) is 23.0 Å². The predicted octanol–water partition coefficient (Wildman–Crippen LogP) is 5.75. The molecule has 0 fully saturated rings. The van der Waals surface area contributed by atoms with E-state index in [9.17, 15) is 20.1 Å². The number of ether oxygens (including phenoxy) is 2. The summed E-state index contributed by atoms with van der Waals surface area (Å²) in [5.74, 6) is 0.570. The van der Waals surface area contributed by atoms with Crippen LogP contribution in [0.2, 0.25) is 0 Å². The van der Waals surface area contributed by atoms with Gasteiger partial charge in [0.05, 0.1) is 0 Å². The van der Waals surface area contributed by atoms with Crippen molar-refractivity contribution in [1.82, 2.24) is 0 Å². The van der Waals surface area contributed by atoms with Gasteiger partial charge < -0.3 is 24.8 Å². The zero-order chi connectivity index (χ0) is 24.9. The Hall–Kier alpha value is -2.89. The van der Waals surface area contributed by atoms with Crippen LogP contribution in [0.15, 0.2) is 24.3 Å². The summed E-state index contributed by atoms with van der Waals surface area (Å²) < 4.78 is 12.2. The van der Waals surface area contributed by atoms with Crippen molar-refractivity contribution in [2.45, 2.75) is 90.8 Å². The summed E-state index contributed by atoms with van der Waals surface area (Å²) in [6.45, 7) is 15.0. The number of phenols is 2. The van der Waals surface area contributed by atoms with Crippen molar-refractivity contribution < 1.29 is 29.6 Å². The number of carbonyl (C=O) groups is 1. The molecule has 3 N–H and O–H groups in total. The highest BCUT2D eigenvalue weighted by Gasteiger charge is 2.39. The SMILES string of the molecule is Cc1cc2c(cc1O)C(C)(C)C[C@@H](CC(C)(C)c1cc(OC(C)(C)C(=O)O)c(C)cc1O)O2. The maximum atomic E-state index is 11.5. The van der Waals surface area contributed by atoms with Crippen LogP contribution in [0.1, 0.15) is 76.6 Å². The molecule has 0 saturated heterocycles. The van der Waals surface area contributed by atoms with Crippen molar-refractivity contribution in [3.63, 3.8) is 0 Å². The highest BCUT2D eigenvalue weighted by atomic mass is 16.5. The second kappa shape index (κ2) is 8.15. The molecular formula is C27H36O6. The molecule has 0 radical (unpaired) electrons. The molecule has 33 heavy (non-hydrogen) atoms. The van der Waals surface area contributed by atoms with E-state index in [1.807, 2.05) is 26.8 Å². The number of phenolic OH excluding ortho intramolecular Hbond substituents is 2. The molecule has 0 unspecified atom stereocenters. The van der Waals surface area contributed by atoms with Crippen LogP contribution >= 0.6 is 0 Å². The topological polar surface area (TPSA) is 96.2 Å². The van der Waals surface area contributed by atoms with Gasteiger partial charge in [0.2, 0.25) is 0 Å². The predicted molar refractivity (Wildman–Crippen MR) is 128 cm³/mol. The van der Waals surface area contributed by atoms with E-state index >= 15 is 0 Å². The minimum absolute atomic E-state index is 0.105. The molecule has 0 spiro atoms. The smallest absolute Gasteiger partial charge is 0.347 e. The average molecular weight is 457 g/mol. The minimum Gasteiger partial charge on any atom is -0.508 e. The molecule has 3 rings (SSSR count). The first-order chi connectivity index (χ1) is 15.0. The number of carboxylic acids is 1. The molecule has 1 aliphatic rings. The quantitative estimate of drug-likeness (QED) is 0.512. The molecule has 0 saturated carbocycles. The Labute approximate surface area is 196 Å². The number of carboxylic acid groups (broad SMARTS) is 1. The molecule has 0 bridgehead atoms. The fourth-order valence-corrected chi connectivity index (χ4v) is 4.63.